The predicted molar refractivity (Wildman–Crippen MR) is 126 cm³/mol. The maximum atomic E-state index is 13.3. The van der Waals surface area contributed by atoms with Crippen LogP contribution in [0.2, 0.25) is 0 Å². The molecule has 5 rings (SSSR count). The Morgan fingerprint density at radius 2 is 1.71 bits per heavy atom. The molecule has 0 saturated heterocycles. The quantitative estimate of drug-likeness (QED) is 0.603. The lowest BCUT2D eigenvalue weighted by Gasteiger charge is -2.60. The van der Waals surface area contributed by atoms with Crippen molar-refractivity contribution in [3.63, 3.8) is 0 Å². The smallest absolute Gasteiger partial charge is 0.136 e. The molecule has 4 saturated carbocycles. The molecule has 0 unspecified atom stereocenters. The molecular weight excluding hydrogens is 380 g/mol. The van der Waals surface area contributed by atoms with Crippen molar-refractivity contribution in [1.29, 1.82) is 0 Å². The lowest BCUT2D eigenvalue weighted by Crippen LogP contribution is -2.57. The van der Waals surface area contributed by atoms with Gasteiger partial charge < -0.3 is 5.11 Å². The van der Waals surface area contributed by atoms with Crippen LogP contribution in [-0.2, 0) is 4.79 Å². The minimum Gasteiger partial charge on any atom is -0.393 e. The van der Waals surface area contributed by atoms with Crippen LogP contribution in [0.3, 0.4) is 0 Å². The highest BCUT2D eigenvalue weighted by Crippen LogP contribution is 2.67. The molecule has 31 heavy (non-hydrogen) atoms. The van der Waals surface area contributed by atoms with Crippen molar-refractivity contribution < 1.29 is 9.90 Å². The summed E-state index contributed by atoms with van der Waals surface area (Å²) in [7, 11) is 0. The fraction of sp³-hybridized carbons (Fsp3) is 0.690. The van der Waals surface area contributed by atoms with Crippen LogP contribution < -0.4 is 0 Å². The summed E-state index contributed by atoms with van der Waals surface area (Å²) < 4.78 is 0. The monoisotopic (exact) mass is 420 g/mol. The molecule has 0 aliphatic heterocycles. The van der Waals surface area contributed by atoms with Gasteiger partial charge in [0.15, 0.2) is 0 Å². The number of aliphatic hydroxyl groups excluding tert-OH is 1. The lowest BCUT2D eigenvalue weighted by molar-refractivity contribution is -0.159. The Hall–Kier alpha value is -1.41. The first-order valence-corrected chi connectivity index (χ1v) is 12.8. The normalized spacial score (nSPS) is 45.7. The molecule has 1 N–H and O–H groups in total. The van der Waals surface area contributed by atoms with Gasteiger partial charge in [-0.2, -0.15) is 0 Å². The maximum Gasteiger partial charge on any atom is 0.136 e. The van der Waals surface area contributed by atoms with Crippen molar-refractivity contribution in [2.75, 3.05) is 0 Å². The van der Waals surface area contributed by atoms with E-state index in [1.165, 1.54) is 31.2 Å². The van der Waals surface area contributed by atoms with Gasteiger partial charge in [0.2, 0.25) is 0 Å². The zero-order valence-electron chi connectivity index (χ0n) is 19.6. The van der Waals surface area contributed by atoms with E-state index in [1.54, 1.807) is 0 Å². The summed E-state index contributed by atoms with van der Waals surface area (Å²) in [5, 5.41) is 10.2. The van der Waals surface area contributed by atoms with Crippen LogP contribution in [0.15, 0.2) is 36.4 Å². The molecule has 168 valence electrons. The van der Waals surface area contributed by atoms with E-state index in [1.807, 2.05) is 0 Å². The number of Topliss-reactive ketones (excluding diaryl/α,β-unsaturated/α-hetero) is 1. The molecule has 2 nitrogen and oxygen atoms in total. The van der Waals surface area contributed by atoms with E-state index in [0.717, 1.165) is 19.3 Å². The number of aliphatic hydroxyl groups is 1. The summed E-state index contributed by atoms with van der Waals surface area (Å²) >= 11 is 0. The minimum atomic E-state index is -0.263. The predicted octanol–water partition coefficient (Wildman–Crippen LogP) is 6.53. The van der Waals surface area contributed by atoms with Gasteiger partial charge in [0.25, 0.3) is 0 Å². The van der Waals surface area contributed by atoms with Crippen LogP contribution >= 0.6 is 0 Å². The van der Waals surface area contributed by atoms with E-state index in [-0.39, 0.29) is 17.4 Å². The molecule has 0 aromatic heterocycles. The lowest BCUT2D eigenvalue weighted by atomic mass is 9.44. The fourth-order valence-corrected chi connectivity index (χ4v) is 8.88. The van der Waals surface area contributed by atoms with Gasteiger partial charge in [-0.1, -0.05) is 63.3 Å². The van der Waals surface area contributed by atoms with Gasteiger partial charge in [0, 0.05) is 12.3 Å². The Bertz CT molecular complexity index is 844. The van der Waals surface area contributed by atoms with E-state index >= 15 is 0 Å². The zero-order chi connectivity index (χ0) is 21.8. The summed E-state index contributed by atoms with van der Waals surface area (Å²) in [4.78, 5) is 13.3. The van der Waals surface area contributed by atoms with Gasteiger partial charge in [-0.15, -0.1) is 0 Å². The minimum absolute atomic E-state index is 0.104. The highest BCUT2D eigenvalue weighted by atomic mass is 16.3. The van der Waals surface area contributed by atoms with Gasteiger partial charge in [-0.3, -0.25) is 4.79 Å². The second kappa shape index (κ2) is 7.87. The number of ketones is 1. The van der Waals surface area contributed by atoms with Crippen LogP contribution in [0.25, 0.3) is 6.08 Å². The third-order valence-electron chi connectivity index (χ3n) is 10.5. The highest BCUT2D eigenvalue weighted by Gasteiger charge is 2.62. The van der Waals surface area contributed by atoms with Crippen molar-refractivity contribution in [3.05, 3.63) is 42.0 Å². The van der Waals surface area contributed by atoms with Crippen LogP contribution in [-0.4, -0.2) is 17.0 Å². The summed E-state index contributed by atoms with van der Waals surface area (Å²) in [6.45, 7) is 7.37. The first-order chi connectivity index (χ1) is 14.8. The average Bonchev–Trinajstić information content (AvgIpc) is 3.12. The molecule has 9 atom stereocenters. The third-order valence-corrected chi connectivity index (χ3v) is 10.5. The molecule has 4 aliphatic carbocycles. The highest BCUT2D eigenvalue weighted by molar-refractivity contribution is 5.83. The van der Waals surface area contributed by atoms with Crippen LogP contribution in [0.1, 0.15) is 77.7 Å². The van der Waals surface area contributed by atoms with Gasteiger partial charge in [-0.25, -0.2) is 0 Å². The van der Waals surface area contributed by atoms with Crippen LogP contribution in [0.4, 0.5) is 0 Å². The molecule has 4 aliphatic rings. The van der Waals surface area contributed by atoms with E-state index in [0.29, 0.717) is 47.2 Å². The van der Waals surface area contributed by atoms with E-state index < -0.39 is 0 Å². The van der Waals surface area contributed by atoms with Crippen molar-refractivity contribution in [3.8, 4) is 0 Å². The van der Waals surface area contributed by atoms with Crippen LogP contribution in [0, 0.1) is 46.3 Å². The van der Waals surface area contributed by atoms with Gasteiger partial charge in [-0.05, 0) is 90.9 Å². The molecule has 1 aromatic carbocycles. The molecule has 2 heteroatoms. The molecular formula is C29H40O2. The molecule has 1 aromatic rings. The molecule has 0 heterocycles. The molecule has 0 bridgehead atoms. The van der Waals surface area contributed by atoms with E-state index in [4.69, 9.17) is 0 Å². The van der Waals surface area contributed by atoms with Crippen molar-refractivity contribution >= 4 is 11.9 Å². The number of rotatable bonds is 3. The molecule has 4 fully saturated rings. The largest absolute Gasteiger partial charge is 0.393 e. The van der Waals surface area contributed by atoms with E-state index in [2.05, 4.69) is 63.3 Å². The number of fused-ring (bicyclic) bond motifs is 5. The Morgan fingerprint density at radius 1 is 1.00 bits per heavy atom. The fourth-order valence-electron chi connectivity index (χ4n) is 8.88. The third kappa shape index (κ3) is 3.45. The van der Waals surface area contributed by atoms with Crippen LogP contribution in [0.5, 0.6) is 0 Å². The topological polar surface area (TPSA) is 37.3 Å². The van der Waals surface area contributed by atoms with Crippen molar-refractivity contribution in [2.24, 2.45) is 46.3 Å². The van der Waals surface area contributed by atoms with E-state index in [9.17, 15) is 9.90 Å². The molecule has 0 radical (unpaired) electrons. The average molecular weight is 421 g/mol. The maximum absolute atomic E-state index is 13.3. The zero-order valence-corrected chi connectivity index (χ0v) is 19.6. The number of carbonyl (C=O) groups excluding carboxylic acids is 1. The Morgan fingerprint density at radius 3 is 2.48 bits per heavy atom. The number of carbonyl (C=O) groups is 1. The van der Waals surface area contributed by atoms with Gasteiger partial charge >= 0.3 is 0 Å². The summed E-state index contributed by atoms with van der Waals surface area (Å²) in [6, 6.07) is 10.7. The van der Waals surface area contributed by atoms with Crippen molar-refractivity contribution in [1.82, 2.24) is 0 Å². The Balaban J connectivity index is 1.36. The van der Waals surface area contributed by atoms with Gasteiger partial charge in [0.05, 0.1) is 6.10 Å². The first kappa shape index (κ1) is 21.4. The second-order valence-electron chi connectivity index (χ2n) is 11.9. The second-order valence-corrected chi connectivity index (χ2v) is 11.9. The summed E-state index contributed by atoms with van der Waals surface area (Å²) in [5.41, 5.74) is 1.77. The number of allylic oxidation sites excluding steroid dienone is 1. The Labute approximate surface area is 188 Å². The first-order valence-electron chi connectivity index (χ1n) is 12.8. The van der Waals surface area contributed by atoms with Crippen molar-refractivity contribution in [2.45, 2.75) is 78.2 Å². The SMILES string of the molecule is C[C@H](/C=C/c1ccccc1)[C@H]1CC[C@H]2[C@@H]3CC(=O)[C@@H]4C[C@H](O)CC[C@]4(C)[C@H]3CC[C@]12C. The number of hydrogen-bond donors (Lipinski definition) is 1. The number of hydrogen-bond acceptors (Lipinski definition) is 2. The van der Waals surface area contributed by atoms with Gasteiger partial charge in [0.1, 0.15) is 5.78 Å². The standard InChI is InChI=1S/C29H40O2/c1-19(9-10-20-7-5-4-6-8-20)23-11-12-24-22-18-27(31)26-17-21(30)13-15-29(26,3)25(22)14-16-28(23,24)2/h4-10,19,21-26,30H,11-18H2,1-3H3/b10-9+/t19-,21-,22+,23-,24+,25+,26+,28-,29-/m1/s1. The number of benzene rings is 1. The molecule has 0 spiro atoms. The summed E-state index contributed by atoms with van der Waals surface area (Å²) in [5.74, 6) is 3.79. The molecule has 0 amide bonds. The summed E-state index contributed by atoms with van der Waals surface area (Å²) in [6.07, 6.45) is 13.1. The Kier molecular flexibility index (Phi) is 5.44.